The highest BCUT2D eigenvalue weighted by Gasteiger charge is 2.27. The molecule has 0 spiro atoms. The van der Waals surface area contributed by atoms with E-state index in [0.29, 0.717) is 5.89 Å². The Hall–Kier alpha value is -2.41. The van der Waals surface area contributed by atoms with Crippen LogP contribution in [0.25, 0.3) is 11.6 Å². The molecule has 0 aromatic carbocycles. The van der Waals surface area contributed by atoms with Gasteiger partial charge < -0.3 is 4.42 Å². The van der Waals surface area contributed by atoms with Crippen LogP contribution in [0.4, 0.5) is 0 Å². The molecule has 3 aromatic heterocycles. The molecule has 4 rings (SSSR count). The molecular weight excluding hydrogens is 304 g/mol. The summed E-state index contributed by atoms with van der Waals surface area (Å²) in [5.41, 5.74) is 4.67. The summed E-state index contributed by atoms with van der Waals surface area (Å²) in [5, 5.41) is 9.02. The highest BCUT2D eigenvalue weighted by molar-refractivity contribution is 5.55. The van der Waals surface area contributed by atoms with E-state index in [1.54, 1.807) is 6.20 Å². The van der Waals surface area contributed by atoms with Crippen molar-refractivity contribution in [1.29, 1.82) is 0 Å². The normalized spacial score (nSPS) is 15.0. The fraction of sp³-hybridized carbons (Fsp3) is 0.471. The van der Waals surface area contributed by atoms with Crippen LogP contribution in [0.2, 0.25) is 0 Å². The number of hydrogen-bond acceptors (Lipinski definition) is 5. The lowest BCUT2D eigenvalue weighted by Crippen LogP contribution is -2.30. The van der Waals surface area contributed by atoms with Gasteiger partial charge in [-0.05, 0) is 13.8 Å². The lowest BCUT2D eigenvalue weighted by Gasteiger charge is -2.27. The van der Waals surface area contributed by atoms with Crippen LogP contribution in [0.5, 0.6) is 0 Å². The van der Waals surface area contributed by atoms with Crippen LogP contribution in [-0.2, 0) is 33.1 Å². The second-order valence-electron chi connectivity index (χ2n) is 6.35. The van der Waals surface area contributed by atoms with Gasteiger partial charge >= 0.3 is 0 Å². The van der Waals surface area contributed by atoms with Gasteiger partial charge in [0.25, 0.3) is 0 Å². The van der Waals surface area contributed by atoms with Gasteiger partial charge in [-0.15, -0.1) is 0 Å². The molecule has 0 unspecified atom stereocenters. The third kappa shape index (κ3) is 2.65. The summed E-state index contributed by atoms with van der Waals surface area (Å²) in [6, 6.07) is 0. The van der Waals surface area contributed by atoms with Crippen molar-refractivity contribution in [1.82, 2.24) is 29.4 Å². The second-order valence-corrected chi connectivity index (χ2v) is 6.35. The maximum Gasteiger partial charge on any atom is 0.247 e. The first kappa shape index (κ1) is 15.1. The third-order valence-electron chi connectivity index (χ3n) is 4.50. The number of aryl methyl sites for hydroxylation is 3. The van der Waals surface area contributed by atoms with Crippen LogP contribution in [-0.4, -0.2) is 36.0 Å². The van der Waals surface area contributed by atoms with Crippen molar-refractivity contribution in [3.63, 3.8) is 0 Å². The molecule has 0 N–H and O–H groups in total. The maximum absolute atomic E-state index is 5.73. The number of aromatic nitrogens is 5. The van der Waals surface area contributed by atoms with Gasteiger partial charge in [0.1, 0.15) is 5.76 Å². The zero-order valence-electron chi connectivity index (χ0n) is 14.4. The van der Waals surface area contributed by atoms with Gasteiger partial charge in [-0.25, -0.2) is 4.98 Å². The molecule has 1 aliphatic rings. The fourth-order valence-electron chi connectivity index (χ4n) is 3.39. The average Bonchev–Trinajstić information content (AvgIpc) is 3.26. The molecule has 3 aromatic rings. The molecule has 7 nitrogen and oxygen atoms in total. The molecule has 0 amide bonds. The van der Waals surface area contributed by atoms with E-state index in [-0.39, 0.29) is 0 Å². The predicted octanol–water partition coefficient (Wildman–Crippen LogP) is 2.16. The summed E-state index contributed by atoms with van der Waals surface area (Å²) in [4.78, 5) is 6.81. The van der Waals surface area contributed by atoms with E-state index in [1.807, 2.05) is 24.9 Å². The van der Waals surface area contributed by atoms with Crippen molar-refractivity contribution < 1.29 is 4.42 Å². The van der Waals surface area contributed by atoms with E-state index < -0.39 is 0 Å². The number of hydrogen-bond donors (Lipinski definition) is 0. The van der Waals surface area contributed by atoms with Crippen molar-refractivity contribution in [2.24, 2.45) is 7.05 Å². The molecule has 0 bridgehead atoms. The molecule has 0 saturated carbocycles. The minimum atomic E-state index is 0.624. The summed E-state index contributed by atoms with van der Waals surface area (Å²) in [6.45, 7) is 7.69. The predicted molar refractivity (Wildman–Crippen MR) is 89.2 cm³/mol. The van der Waals surface area contributed by atoms with E-state index in [0.717, 1.165) is 44.1 Å². The van der Waals surface area contributed by atoms with Gasteiger partial charge in [-0.3, -0.25) is 14.3 Å². The molecule has 1 aliphatic heterocycles. The van der Waals surface area contributed by atoms with Crippen molar-refractivity contribution in [3.05, 3.63) is 41.2 Å². The van der Waals surface area contributed by atoms with E-state index in [9.17, 15) is 0 Å². The molecule has 0 atom stereocenters. The van der Waals surface area contributed by atoms with E-state index in [2.05, 4.69) is 32.8 Å². The molecular formula is C17H22N6O. The van der Waals surface area contributed by atoms with Crippen LogP contribution >= 0.6 is 0 Å². The molecule has 0 aliphatic carbocycles. The molecule has 7 heteroatoms. The SMILES string of the molecule is CCn1nc(-c2ncc(C)o2)c2c1CCN(Cc1cnn(C)c1)C2. The standard InChI is InChI=1S/C17H22N6O/c1-4-23-15-5-6-22(10-13-8-19-21(3)9-13)11-14(15)16(20-23)17-18-7-12(2)24-17/h7-9H,4-6,10-11H2,1-3H3. The Balaban J connectivity index is 1.64. The summed E-state index contributed by atoms with van der Waals surface area (Å²) in [7, 11) is 1.95. The van der Waals surface area contributed by atoms with E-state index in [4.69, 9.17) is 9.52 Å². The Kier molecular flexibility index (Phi) is 3.72. The zero-order valence-corrected chi connectivity index (χ0v) is 14.4. The van der Waals surface area contributed by atoms with Crippen LogP contribution in [0.15, 0.2) is 23.0 Å². The molecule has 0 radical (unpaired) electrons. The van der Waals surface area contributed by atoms with Gasteiger partial charge in [0.05, 0.1) is 12.4 Å². The van der Waals surface area contributed by atoms with E-state index >= 15 is 0 Å². The first-order valence-electron chi connectivity index (χ1n) is 8.35. The Labute approximate surface area is 140 Å². The minimum absolute atomic E-state index is 0.624. The number of fused-ring (bicyclic) bond motifs is 1. The van der Waals surface area contributed by atoms with Gasteiger partial charge in [0, 0.05) is 62.7 Å². The highest BCUT2D eigenvalue weighted by Crippen LogP contribution is 2.30. The first-order chi connectivity index (χ1) is 11.6. The maximum atomic E-state index is 5.73. The number of nitrogens with zero attached hydrogens (tertiary/aromatic N) is 6. The number of oxazole rings is 1. The summed E-state index contributed by atoms with van der Waals surface area (Å²) >= 11 is 0. The quantitative estimate of drug-likeness (QED) is 0.735. The van der Waals surface area contributed by atoms with Crippen LogP contribution in [0.1, 0.15) is 29.5 Å². The molecule has 24 heavy (non-hydrogen) atoms. The largest absolute Gasteiger partial charge is 0.440 e. The lowest BCUT2D eigenvalue weighted by atomic mass is 10.0. The van der Waals surface area contributed by atoms with Crippen molar-refractivity contribution in [3.8, 4) is 11.6 Å². The van der Waals surface area contributed by atoms with Gasteiger partial charge in [0.15, 0.2) is 5.69 Å². The third-order valence-corrected chi connectivity index (χ3v) is 4.50. The van der Waals surface area contributed by atoms with Crippen molar-refractivity contribution in [2.75, 3.05) is 6.54 Å². The molecule has 0 fully saturated rings. The van der Waals surface area contributed by atoms with Crippen LogP contribution < -0.4 is 0 Å². The van der Waals surface area contributed by atoms with Crippen molar-refractivity contribution in [2.45, 2.75) is 39.9 Å². The van der Waals surface area contributed by atoms with Gasteiger partial charge in [-0.1, -0.05) is 0 Å². The Morgan fingerprint density at radius 2 is 2.17 bits per heavy atom. The first-order valence-corrected chi connectivity index (χ1v) is 8.35. The lowest BCUT2D eigenvalue weighted by molar-refractivity contribution is 0.242. The molecule has 4 heterocycles. The minimum Gasteiger partial charge on any atom is -0.440 e. The fourth-order valence-corrected chi connectivity index (χ4v) is 3.39. The molecule has 126 valence electrons. The summed E-state index contributed by atoms with van der Waals surface area (Å²) < 4.78 is 9.67. The van der Waals surface area contributed by atoms with Gasteiger partial charge in [-0.2, -0.15) is 10.2 Å². The Bertz CT molecular complexity index is 858. The Morgan fingerprint density at radius 3 is 2.83 bits per heavy atom. The van der Waals surface area contributed by atoms with E-state index in [1.165, 1.54) is 16.8 Å². The van der Waals surface area contributed by atoms with Crippen LogP contribution in [0.3, 0.4) is 0 Å². The number of rotatable bonds is 4. The van der Waals surface area contributed by atoms with Crippen LogP contribution in [0, 0.1) is 6.92 Å². The monoisotopic (exact) mass is 326 g/mol. The highest BCUT2D eigenvalue weighted by atomic mass is 16.4. The Morgan fingerprint density at radius 1 is 1.29 bits per heavy atom. The molecule has 0 saturated heterocycles. The summed E-state index contributed by atoms with van der Waals surface area (Å²) in [6.07, 6.45) is 6.76. The average molecular weight is 326 g/mol. The van der Waals surface area contributed by atoms with Gasteiger partial charge in [0.2, 0.25) is 5.89 Å². The second kappa shape index (κ2) is 5.90. The summed E-state index contributed by atoms with van der Waals surface area (Å²) in [5.74, 6) is 1.44. The van der Waals surface area contributed by atoms with Crippen molar-refractivity contribution >= 4 is 0 Å². The zero-order chi connectivity index (χ0) is 16.7. The smallest absolute Gasteiger partial charge is 0.247 e. The topological polar surface area (TPSA) is 64.9 Å².